The summed E-state index contributed by atoms with van der Waals surface area (Å²) in [4.78, 5) is 46.6. The lowest BCUT2D eigenvalue weighted by Gasteiger charge is -2.37. The summed E-state index contributed by atoms with van der Waals surface area (Å²) in [6.45, 7) is 13.6. The lowest BCUT2D eigenvalue weighted by atomic mass is 9.66. The molecule has 36 heavy (non-hydrogen) atoms. The van der Waals surface area contributed by atoms with E-state index in [4.69, 9.17) is 4.74 Å². The molecule has 2 bridgehead atoms. The fraction of sp³-hybridized carbons (Fsp3) is 0.536. The zero-order valence-corrected chi connectivity index (χ0v) is 21.7. The Hall–Kier alpha value is -2.97. The SMILES string of the molecule is C=CCN(C)C(=O)[C@@H]1[C@H]2C(=O)N(CCO)C(C(=O)N(CC=C)c3c(C)cccc3C)C23CC[C@@]1(C)O3. The Morgan fingerprint density at radius 1 is 1.17 bits per heavy atom. The standard InChI is InChI=1S/C28H37N3O5/c1-7-14-29(6)24(33)20-21-25(34)31(16-17-32)23(28(21)13-12-27(20,5)36-28)26(35)30(15-8-2)22-18(3)10-9-11-19(22)4/h7-11,20-21,23,32H,1-2,12-17H2,3-6H3/t20-,21-,23?,27+,28?/m0/s1. The number of nitrogens with zero attached hydrogens (tertiary/aromatic N) is 3. The van der Waals surface area contributed by atoms with Crippen LogP contribution < -0.4 is 4.90 Å². The molecule has 1 aromatic rings. The van der Waals surface area contributed by atoms with Gasteiger partial charge in [-0.1, -0.05) is 30.4 Å². The number of hydrogen-bond acceptors (Lipinski definition) is 5. The van der Waals surface area contributed by atoms with Gasteiger partial charge >= 0.3 is 0 Å². The molecule has 8 heteroatoms. The number of ether oxygens (including phenoxy) is 1. The molecule has 3 fully saturated rings. The molecule has 0 aromatic heterocycles. The molecule has 194 valence electrons. The van der Waals surface area contributed by atoms with E-state index in [2.05, 4.69) is 13.2 Å². The second kappa shape index (κ2) is 9.48. The molecular weight excluding hydrogens is 458 g/mol. The van der Waals surface area contributed by atoms with Crippen molar-refractivity contribution < 1.29 is 24.2 Å². The molecule has 1 N–H and O–H groups in total. The van der Waals surface area contributed by atoms with Crippen LogP contribution in [-0.4, -0.2) is 83.2 Å². The number of benzene rings is 1. The van der Waals surface area contributed by atoms with Gasteiger partial charge in [0, 0.05) is 32.4 Å². The molecule has 3 amide bonds. The maximum Gasteiger partial charge on any atom is 0.253 e. The van der Waals surface area contributed by atoms with Crippen LogP contribution in [0, 0.1) is 25.7 Å². The van der Waals surface area contributed by atoms with Gasteiger partial charge in [-0.25, -0.2) is 0 Å². The van der Waals surface area contributed by atoms with Gasteiger partial charge in [-0.3, -0.25) is 14.4 Å². The zero-order valence-electron chi connectivity index (χ0n) is 21.7. The van der Waals surface area contributed by atoms with Crippen LogP contribution in [0.4, 0.5) is 5.69 Å². The van der Waals surface area contributed by atoms with Gasteiger partial charge < -0.3 is 24.5 Å². The first kappa shape index (κ1) is 26.1. The Balaban J connectivity index is 1.82. The minimum atomic E-state index is -1.14. The number of likely N-dealkylation sites (tertiary alicyclic amines) is 1. The van der Waals surface area contributed by atoms with E-state index < -0.39 is 29.1 Å². The van der Waals surface area contributed by atoms with E-state index in [0.29, 0.717) is 19.4 Å². The van der Waals surface area contributed by atoms with Gasteiger partial charge in [0.05, 0.1) is 24.0 Å². The van der Waals surface area contributed by atoms with Crippen molar-refractivity contribution in [2.24, 2.45) is 11.8 Å². The van der Waals surface area contributed by atoms with Crippen molar-refractivity contribution in [3.8, 4) is 0 Å². The summed E-state index contributed by atoms with van der Waals surface area (Å²) >= 11 is 0. The topological polar surface area (TPSA) is 90.4 Å². The van der Waals surface area contributed by atoms with Crippen LogP contribution in [0.25, 0.3) is 0 Å². The molecule has 5 atom stereocenters. The molecule has 0 saturated carbocycles. The predicted molar refractivity (Wildman–Crippen MR) is 137 cm³/mol. The van der Waals surface area contributed by atoms with Crippen LogP contribution in [0.15, 0.2) is 43.5 Å². The van der Waals surface area contributed by atoms with E-state index in [-0.39, 0.29) is 37.4 Å². The highest BCUT2D eigenvalue weighted by molar-refractivity contribution is 6.05. The van der Waals surface area contributed by atoms with Crippen LogP contribution in [0.3, 0.4) is 0 Å². The molecule has 1 spiro atoms. The Bertz CT molecular complexity index is 1080. The first-order valence-electron chi connectivity index (χ1n) is 12.5. The van der Waals surface area contributed by atoms with Crippen LogP contribution in [-0.2, 0) is 19.1 Å². The summed E-state index contributed by atoms with van der Waals surface area (Å²) in [5.41, 5.74) is 0.651. The highest BCUT2D eigenvalue weighted by Gasteiger charge is 2.78. The summed E-state index contributed by atoms with van der Waals surface area (Å²) in [6, 6.07) is 4.88. The van der Waals surface area contributed by atoms with Crippen LogP contribution in [0.5, 0.6) is 0 Å². The summed E-state index contributed by atoms with van der Waals surface area (Å²) < 4.78 is 6.65. The van der Waals surface area contributed by atoms with Crippen molar-refractivity contribution in [1.29, 1.82) is 0 Å². The minimum Gasteiger partial charge on any atom is -0.395 e. The van der Waals surface area contributed by atoms with E-state index in [1.54, 1.807) is 29.0 Å². The normalized spacial score (nSPS) is 30.3. The van der Waals surface area contributed by atoms with Gasteiger partial charge in [0.15, 0.2) is 0 Å². The first-order chi connectivity index (χ1) is 17.1. The van der Waals surface area contributed by atoms with Crippen molar-refractivity contribution in [1.82, 2.24) is 9.80 Å². The number of carbonyl (C=O) groups excluding carboxylic acids is 3. The lowest BCUT2D eigenvalue weighted by molar-refractivity contribution is -0.149. The summed E-state index contributed by atoms with van der Waals surface area (Å²) in [5, 5.41) is 9.84. The van der Waals surface area contributed by atoms with Gasteiger partial charge in [0.1, 0.15) is 11.6 Å². The Morgan fingerprint density at radius 2 is 1.81 bits per heavy atom. The third-order valence-corrected chi connectivity index (χ3v) is 8.18. The summed E-state index contributed by atoms with van der Waals surface area (Å²) in [6.07, 6.45) is 4.36. The number of carbonyl (C=O) groups is 3. The van der Waals surface area contributed by atoms with Gasteiger partial charge in [-0.2, -0.15) is 0 Å². The van der Waals surface area contributed by atoms with Gasteiger partial charge in [-0.15, -0.1) is 13.2 Å². The van der Waals surface area contributed by atoms with Crippen LogP contribution in [0.1, 0.15) is 30.9 Å². The largest absolute Gasteiger partial charge is 0.395 e. The monoisotopic (exact) mass is 495 g/mol. The van der Waals surface area contributed by atoms with Crippen molar-refractivity contribution >= 4 is 23.4 Å². The molecule has 2 unspecified atom stereocenters. The third-order valence-electron chi connectivity index (χ3n) is 8.18. The second-order valence-corrected chi connectivity index (χ2v) is 10.5. The average Bonchev–Trinajstić information content (AvgIpc) is 3.39. The highest BCUT2D eigenvalue weighted by atomic mass is 16.5. The number of β-amino-alcohol motifs (C(OH)–C–C–N with tert-alkyl or cyclic N) is 1. The fourth-order valence-electron chi connectivity index (χ4n) is 6.75. The first-order valence-corrected chi connectivity index (χ1v) is 12.5. The maximum absolute atomic E-state index is 14.4. The number of likely N-dealkylation sites (N-methyl/N-ethyl adjacent to an activating group) is 1. The molecular formula is C28H37N3O5. The molecule has 0 aliphatic carbocycles. The molecule has 8 nitrogen and oxygen atoms in total. The number of para-hydroxylation sites is 1. The number of aliphatic hydroxyl groups is 1. The van der Waals surface area contributed by atoms with Crippen LogP contribution >= 0.6 is 0 Å². The number of rotatable bonds is 9. The number of amides is 3. The smallest absolute Gasteiger partial charge is 0.253 e. The minimum absolute atomic E-state index is 0.00828. The fourth-order valence-corrected chi connectivity index (χ4v) is 6.75. The molecule has 3 aliphatic heterocycles. The van der Waals surface area contributed by atoms with Gasteiger partial charge in [-0.05, 0) is 44.7 Å². The zero-order chi connectivity index (χ0) is 26.4. The molecule has 3 aliphatic rings. The highest BCUT2D eigenvalue weighted by Crippen LogP contribution is 2.63. The molecule has 3 heterocycles. The average molecular weight is 496 g/mol. The van der Waals surface area contributed by atoms with E-state index in [1.165, 1.54) is 4.90 Å². The van der Waals surface area contributed by atoms with Gasteiger partial charge in [0.2, 0.25) is 11.8 Å². The number of hydrogen-bond donors (Lipinski definition) is 1. The van der Waals surface area contributed by atoms with Crippen molar-refractivity contribution in [3.05, 3.63) is 54.6 Å². The van der Waals surface area contributed by atoms with Crippen molar-refractivity contribution in [3.63, 3.8) is 0 Å². The molecule has 1 aromatic carbocycles. The second-order valence-electron chi connectivity index (χ2n) is 10.5. The molecule has 0 radical (unpaired) electrons. The van der Waals surface area contributed by atoms with E-state index in [1.807, 2.05) is 39.0 Å². The predicted octanol–water partition coefficient (Wildman–Crippen LogP) is 2.22. The van der Waals surface area contributed by atoms with E-state index in [0.717, 1.165) is 16.8 Å². The Labute approximate surface area is 213 Å². The van der Waals surface area contributed by atoms with Crippen LogP contribution in [0.2, 0.25) is 0 Å². The number of aryl methyl sites for hydroxylation is 2. The van der Waals surface area contributed by atoms with E-state index in [9.17, 15) is 19.5 Å². The Morgan fingerprint density at radius 3 is 2.39 bits per heavy atom. The van der Waals surface area contributed by atoms with Crippen molar-refractivity contribution in [2.45, 2.75) is 50.9 Å². The Kier molecular flexibility index (Phi) is 6.88. The number of fused-ring (bicyclic) bond motifs is 1. The third kappa shape index (κ3) is 3.69. The summed E-state index contributed by atoms with van der Waals surface area (Å²) in [7, 11) is 1.69. The van der Waals surface area contributed by atoms with Crippen molar-refractivity contribution in [2.75, 3.05) is 38.2 Å². The van der Waals surface area contributed by atoms with E-state index >= 15 is 0 Å². The lowest BCUT2D eigenvalue weighted by Crippen LogP contribution is -2.57. The maximum atomic E-state index is 14.4. The molecule has 3 saturated heterocycles. The van der Waals surface area contributed by atoms with Gasteiger partial charge in [0.25, 0.3) is 5.91 Å². The number of anilines is 1. The molecule has 4 rings (SSSR count). The quantitative estimate of drug-likeness (QED) is 0.531. The summed E-state index contributed by atoms with van der Waals surface area (Å²) in [5.74, 6) is -2.28. The number of aliphatic hydroxyl groups excluding tert-OH is 1.